The van der Waals surface area contributed by atoms with Crippen LogP contribution < -0.4 is 10.1 Å². The van der Waals surface area contributed by atoms with Crippen molar-refractivity contribution in [2.75, 3.05) is 5.32 Å². The number of benzene rings is 2. The summed E-state index contributed by atoms with van der Waals surface area (Å²) in [5.41, 5.74) is 1.79. The van der Waals surface area contributed by atoms with Crippen LogP contribution in [0, 0.1) is 0 Å². The monoisotopic (exact) mass is 482 g/mol. The molecule has 34 heavy (non-hydrogen) atoms. The number of carbonyl (C=O) groups is 2. The molecule has 3 rings (SSSR count). The number of thioether (sulfide) groups is 1. The van der Waals surface area contributed by atoms with E-state index in [1.807, 2.05) is 30.5 Å². The van der Waals surface area contributed by atoms with E-state index in [4.69, 9.17) is 9.84 Å². The van der Waals surface area contributed by atoms with Crippen molar-refractivity contribution in [1.29, 1.82) is 0 Å². The van der Waals surface area contributed by atoms with Crippen LogP contribution in [0.3, 0.4) is 0 Å². The Bertz CT molecular complexity index is 1140. The summed E-state index contributed by atoms with van der Waals surface area (Å²) in [5, 5.41) is 20.7. The largest absolute Gasteiger partial charge is 0.483 e. The molecule has 2 aromatic carbocycles. The Morgan fingerprint density at radius 3 is 2.41 bits per heavy atom. The van der Waals surface area contributed by atoms with Crippen LogP contribution in [0.1, 0.15) is 68.4 Å². The predicted octanol–water partition coefficient (Wildman–Crippen LogP) is 5.38. The lowest BCUT2D eigenvalue weighted by Crippen LogP contribution is -2.23. The molecule has 1 aromatic heterocycles. The lowest BCUT2D eigenvalue weighted by Gasteiger charge is -2.17. The van der Waals surface area contributed by atoms with E-state index in [1.165, 1.54) is 29.5 Å². The van der Waals surface area contributed by atoms with Crippen molar-refractivity contribution >= 4 is 29.3 Å². The number of aromatic carboxylic acids is 1. The third-order valence-electron chi connectivity index (χ3n) is 5.31. The molecule has 0 radical (unpaired) electrons. The normalized spacial score (nSPS) is 12.9. The van der Waals surface area contributed by atoms with Crippen molar-refractivity contribution in [3.8, 4) is 5.75 Å². The Balaban J connectivity index is 1.67. The van der Waals surface area contributed by atoms with Crippen molar-refractivity contribution < 1.29 is 19.4 Å². The molecule has 3 aromatic rings. The summed E-state index contributed by atoms with van der Waals surface area (Å²) in [7, 11) is 0. The lowest BCUT2D eigenvalue weighted by atomic mass is 10.0. The quantitative estimate of drug-likeness (QED) is 0.374. The fourth-order valence-corrected chi connectivity index (χ4v) is 4.28. The van der Waals surface area contributed by atoms with E-state index in [2.05, 4.69) is 41.5 Å². The zero-order chi connectivity index (χ0) is 24.8. The second-order valence-electron chi connectivity index (χ2n) is 8.20. The number of nitrogens with zero attached hydrogens (tertiary/aromatic N) is 3. The molecule has 1 heterocycles. The van der Waals surface area contributed by atoms with Gasteiger partial charge in [0.1, 0.15) is 5.75 Å². The highest BCUT2D eigenvalue weighted by Gasteiger charge is 2.23. The number of nitrogens with one attached hydrogen (secondary N) is 1. The minimum absolute atomic E-state index is 0.112. The van der Waals surface area contributed by atoms with Crippen molar-refractivity contribution in [1.82, 2.24) is 14.8 Å². The molecule has 8 nitrogen and oxygen atoms in total. The number of amides is 1. The van der Waals surface area contributed by atoms with Crippen LogP contribution in [0.4, 0.5) is 5.69 Å². The van der Waals surface area contributed by atoms with Crippen LogP contribution in [0.15, 0.2) is 53.7 Å². The molecule has 0 spiro atoms. The van der Waals surface area contributed by atoms with Gasteiger partial charge in [-0.2, -0.15) is 0 Å². The van der Waals surface area contributed by atoms with Crippen LogP contribution in [-0.2, 0) is 11.3 Å². The van der Waals surface area contributed by atoms with Gasteiger partial charge in [0.25, 0.3) is 0 Å². The molecule has 2 unspecified atom stereocenters. The average molecular weight is 483 g/mol. The van der Waals surface area contributed by atoms with E-state index in [-0.39, 0.29) is 17.6 Å². The topological polar surface area (TPSA) is 106 Å². The number of ether oxygens (including phenoxy) is 1. The Morgan fingerprint density at radius 2 is 1.79 bits per heavy atom. The molecular formula is C25H30N4O4S. The van der Waals surface area contributed by atoms with E-state index in [0.29, 0.717) is 29.1 Å². The smallest absolute Gasteiger partial charge is 0.335 e. The second-order valence-corrected chi connectivity index (χ2v) is 9.51. The molecule has 9 heteroatoms. The average Bonchev–Trinajstić information content (AvgIpc) is 3.22. The Labute approximate surface area is 203 Å². The van der Waals surface area contributed by atoms with E-state index >= 15 is 0 Å². The zero-order valence-corrected chi connectivity index (χ0v) is 20.8. The van der Waals surface area contributed by atoms with Gasteiger partial charge in [0.2, 0.25) is 5.91 Å². The molecule has 0 aliphatic carbocycles. The fourth-order valence-electron chi connectivity index (χ4n) is 3.36. The van der Waals surface area contributed by atoms with Gasteiger partial charge in [-0.1, -0.05) is 43.8 Å². The minimum atomic E-state index is -1.05. The van der Waals surface area contributed by atoms with Crippen molar-refractivity contribution in [3.05, 3.63) is 65.5 Å². The summed E-state index contributed by atoms with van der Waals surface area (Å²) in [6.45, 7) is 10.6. The molecule has 0 aliphatic rings. The molecule has 0 saturated heterocycles. The van der Waals surface area contributed by atoms with Gasteiger partial charge >= 0.3 is 5.97 Å². The summed E-state index contributed by atoms with van der Waals surface area (Å²) >= 11 is 1.29. The van der Waals surface area contributed by atoms with Crippen molar-refractivity contribution in [2.45, 2.75) is 63.6 Å². The molecule has 0 saturated carbocycles. The van der Waals surface area contributed by atoms with E-state index in [9.17, 15) is 9.59 Å². The fraction of sp³-hybridized carbons (Fsp3) is 0.360. The third-order valence-corrected chi connectivity index (χ3v) is 6.39. The van der Waals surface area contributed by atoms with Crippen LogP contribution in [0.5, 0.6) is 5.75 Å². The number of rotatable bonds is 10. The Kier molecular flexibility index (Phi) is 8.33. The number of carbonyl (C=O) groups excluding carboxylic acids is 1. The maximum absolute atomic E-state index is 12.7. The Hall–Kier alpha value is -3.33. The molecule has 0 bridgehead atoms. The molecular weight excluding hydrogens is 452 g/mol. The maximum Gasteiger partial charge on any atom is 0.335 e. The number of hydrogen-bond acceptors (Lipinski definition) is 6. The SMILES string of the molecule is CCn1c(SC(C)C(=O)Nc2cccc(C(=O)O)c2)nnc1C(C)Oc1ccc(C(C)C)cc1. The summed E-state index contributed by atoms with van der Waals surface area (Å²) < 4.78 is 8.03. The van der Waals surface area contributed by atoms with E-state index in [0.717, 1.165) is 5.75 Å². The van der Waals surface area contributed by atoms with Crippen LogP contribution >= 0.6 is 11.8 Å². The lowest BCUT2D eigenvalue weighted by molar-refractivity contribution is -0.115. The van der Waals surface area contributed by atoms with Gasteiger partial charge in [0, 0.05) is 12.2 Å². The molecule has 0 fully saturated rings. The van der Waals surface area contributed by atoms with Gasteiger partial charge in [-0.3, -0.25) is 4.79 Å². The highest BCUT2D eigenvalue weighted by Crippen LogP contribution is 2.28. The van der Waals surface area contributed by atoms with Gasteiger partial charge < -0.3 is 19.7 Å². The van der Waals surface area contributed by atoms with Gasteiger partial charge in [0.15, 0.2) is 17.1 Å². The number of hydrogen-bond donors (Lipinski definition) is 2. The van der Waals surface area contributed by atoms with Crippen LogP contribution in [0.25, 0.3) is 0 Å². The maximum atomic E-state index is 12.7. The second kappa shape index (κ2) is 11.2. The zero-order valence-electron chi connectivity index (χ0n) is 20.0. The van der Waals surface area contributed by atoms with Crippen LogP contribution in [0.2, 0.25) is 0 Å². The number of carboxylic acid groups (broad SMARTS) is 1. The number of aromatic nitrogens is 3. The Morgan fingerprint density at radius 1 is 1.09 bits per heavy atom. The third kappa shape index (κ3) is 6.17. The first-order chi connectivity index (χ1) is 16.2. The first kappa shape index (κ1) is 25.3. The molecule has 0 aliphatic heterocycles. The van der Waals surface area contributed by atoms with Gasteiger partial charge in [-0.25, -0.2) is 4.79 Å². The molecule has 2 N–H and O–H groups in total. The molecule has 1 amide bonds. The van der Waals surface area contributed by atoms with E-state index < -0.39 is 11.2 Å². The van der Waals surface area contributed by atoms with E-state index in [1.54, 1.807) is 19.1 Å². The minimum Gasteiger partial charge on any atom is -0.483 e. The summed E-state index contributed by atoms with van der Waals surface area (Å²) in [5.74, 6) is 0.589. The van der Waals surface area contributed by atoms with Crippen molar-refractivity contribution in [3.63, 3.8) is 0 Å². The summed E-state index contributed by atoms with van der Waals surface area (Å²) in [4.78, 5) is 23.8. The van der Waals surface area contributed by atoms with Gasteiger partial charge in [0.05, 0.1) is 10.8 Å². The van der Waals surface area contributed by atoms with Gasteiger partial charge in [-0.15, -0.1) is 10.2 Å². The number of carboxylic acids is 1. The standard InChI is InChI=1S/C25H30N4O4S/c1-6-29-22(16(4)33-21-12-10-18(11-13-21)15(2)3)27-28-25(29)34-17(5)23(30)26-20-9-7-8-19(14-20)24(31)32/h7-17H,6H2,1-5H3,(H,26,30)(H,31,32). The summed E-state index contributed by atoms with van der Waals surface area (Å²) in [6.07, 6.45) is -0.324. The molecule has 2 atom stereocenters. The highest BCUT2D eigenvalue weighted by molar-refractivity contribution is 8.00. The first-order valence-electron chi connectivity index (χ1n) is 11.2. The number of anilines is 1. The van der Waals surface area contributed by atoms with Gasteiger partial charge in [-0.05, 0) is 62.6 Å². The molecule has 180 valence electrons. The summed E-state index contributed by atoms with van der Waals surface area (Å²) in [6, 6.07) is 14.2. The van der Waals surface area contributed by atoms with Crippen LogP contribution in [-0.4, -0.2) is 37.0 Å². The first-order valence-corrected chi connectivity index (χ1v) is 12.1. The highest BCUT2D eigenvalue weighted by atomic mass is 32.2. The predicted molar refractivity (Wildman–Crippen MR) is 133 cm³/mol. The van der Waals surface area contributed by atoms with Crippen molar-refractivity contribution in [2.24, 2.45) is 0 Å².